The quantitative estimate of drug-likeness (QED) is 0.663. The Balaban J connectivity index is 1.66. The number of benzene rings is 3. The summed E-state index contributed by atoms with van der Waals surface area (Å²) < 4.78 is 24.2. The molecule has 0 amide bonds. The van der Waals surface area contributed by atoms with Crippen molar-refractivity contribution in [3.63, 3.8) is 0 Å². The third-order valence-corrected chi connectivity index (χ3v) is 5.88. The van der Waals surface area contributed by atoms with E-state index in [4.69, 9.17) is 14.5 Å². The molecule has 0 fully saturated rings. The van der Waals surface area contributed by atoms with Gasteiger partial charge in [0.1, 0.15) is 18.4 Å². The first-order valence-corrected chi connectivity index (χ1v) is 9.82. The molecule has 1 aliphatic rings. The fourth-order valence-electron chi connectivity index (χ4n) is 3.00. The summed E-state index contributed by atoms with van der Waals surface area (Å²) in [6.07, 6.45) is 0. The number of hydrogen-bond acceptors (Lipinski definition) is 4. The van der Waals surface area contributed by atoms with Crippen molar-refractivity contribution in [1.82, 2.24) is 0 Å². The SMILES string of the molecule is COc1ccc(S(=O)c2ccccc2C2=N[C@@H](c3ccccc3)CO2)cc1. The minimum Gasteiger partial charge on any atom is -0.497 e. The molecule has 3 aromatic carbocycles. The van der Waals surface area contributed by atoms with E-state index >= 15 is 0 Å². The van der Waals surface area contributed by atoms with E-state index in [9.17, 15) is 4.21 Å². The third kappa shape index (κ3) is 3.64. The van der Waals surface area contributed by atoms with Crippen LogP contribution in [0.3, 0.4) is 0 Å². The van der Waals surface area contributed by atoms with Gasteiger partial charge in [0, 0.05) is 4.90 Å². The molecule has 0 N–H and O–H groups in total. The van der Waals surface area contributed by atoms with Crippen LogP contribution >= 0.6 is 0 Å². The van der Waals surface area contributed by atoms with Crippen molar-refractivity contribution in [2.45, 2.75) is 15.8 Å². The maximum Gasteiger partial charge on any atom is 0.218 e. The molecular weight excluding hydrogens is 358 g/mol. The van der Waals surface area contributed by atoms with Crippen LogP contribution in [0.5, 0.6) is 5.75 Å². The van der Waals surface area contributed by atoms with E-state index in [1.807, 2.05) is 78.9 Å². The van der Waals surface area contributed by atoms with Gasteiger partial charge in [-0.15, -0.1) is 0 Å². The normalized spacial score (nSPS) is 17.1. The number of aliphatic imine (C=N–C) groups is 1. The Bertz CT molecular complexity index is 984. The molecule has 0 bridgehead atoms. The van der Waals surface area contributed by atoms with Crippen molar-refractivity contribution in [3.05, 3.63) is 90.0 Å². The van der Waals surface area contributed by atoms with Crippen molar-refractivity contribution in [1.29, 1.82) is 0 Å². The van der Waals surface area contributed by atoms with Gasteiger partial charge in [0.15, 0.2) is 0 Å². The van der Waals surface area contributed by atoms with Crippen LogP contribution in [0.4, 0.5) is 0 Å². The van der Waals surface area contributed by atoms with Crippen molar-refractivity contribution in [2.24, 2.45) is 4.99 Å². The van der Waals surface area contributed by atoms with E-state index in [2.05, 4.69) is 0 Å². The molecule has 2 atom stereocenters. The Morgan fingerprint density at radius 3 is 2.41 bits per heavy atom. The van der Waals surface area contributed by atoms with Gasteiger partial charge in [0.2, 0.25) is 5.90 Å². The summed E-state index contributed by atoms with van der Waals surface area (Å²) in [6.45, 7) is 0.489. The molecule has 0 spiro atoms. The van der Waals surface area contributed by atoms with Crippen LogP contribution < -0.4 is 4.74 Å². The Hall–Kier alpha value is -2.92. The summed E-state index contributed by atoms with van der Waals surface area (Å²) in [5, 5.41) is 0. The number of nitrogens with zero attached hydrogens (tertiary/aromatic N) is 1. The Kier molecular flexibility index (Phi) is 5.03. The molecule has 4 nitrogen and oxygen atoms in total. The molecule has 5 heteroatoms. The summed E-state index contributed by atoms with van der Waals surface area (Å²) in [5.41, 5.74) is 1.88. The summed E-state index contributed by atoms with van der Waals surface area (Å²) in [4.78, 5) is 6.13. The highest BCUT2D eigenvalue weighted by Gasteiger charge is 2.24. The third-order valence-electron chi connectivity index (χ3n) is 4.43. The van der Waals surface area contributed by atoms with Gasteiger partial charge in [-0.3, -0.25) is 0 Å². The van der Waals surface area contributed by atoms with Gasteiger partial charge in [0.25, 0.3) is 0 Å². The molecular formula is C22H19NO3S. The molecule has 0 radical (unpaired) electrons. The summed E-state index contributed by atoms with van der Waals surface area (Å²) in [6, 6.07) is 24.8. The topological polar surface area (TPSA) is 47.9 Å². The Morgan fingerprint density at radius 1 is 0.963 bits per heavy atom. The van der Waals surface area contributed by atoms with Crippen LogP contribution in [0.25, 0.3) is 0 Å². The molecule has 1 unspecified atom stereocenters. The molecule has 0 saturated heterocycles. The molecule has 0 aromatic heterocycles. The van der Waals surface area contributed by atoms with Gasteiger partial charge in [-0.25, -0.2) is 9.20 Å². The van der Waals surface area contributed by atoms with Gasteiger partial charge in [-0.2, -0.15) is 0 Å². The van der Waals surface area contributed by atoms with E-state index in [0.717, 1.165) is 16.9 Å². The maximum absolute atomic E-state index is 13.1. The van der Waals surface area contributed by atoms with Crippen LogP contribution in [-0.4, -0.2) is 23.8 Å². The van der Waals surface area contributed by atoms with Crippen LogP contribution in [0.15, 0.2) is 93.6 Å². The lowest BCUT2D eigenvalue weighted by atomic mass is 10.1. The van der Waals surface area contributed by atoms with Gasteiger partial charge < -0.3 is 9.47 Å². The van der Waals surface area contributed by atoms with E-state index in [0.29, 0.717) is 22.3 Å². The highest BCUT2D eigenvalue weighted by atomic mass is 32.2. The van der Waals surface area contributed by atoms with Crippen LogP contribution in [-0.2, 0) is 15.5 Å². The zero-order valence-corrected chi connectivity index (χ0v) is 15.7. The van der Waals surface area contributed by atoms with Crippen LogP contribution in [0.2, 0.25) is 0 Å². The van der Waals surface area contributed by atoms with Crippen LogP contribution in [0, 0.1) is 0 Å². The van der Waals surface area contributed by atoms with Crippen molar-refractivity contribution in [3.8, 4) is 5.75 Å². The first kappa shape index (κ1) is 17.5. The predicted molar refractivity (Wildman–Crippen MR) is 106 cm³/mol. The largest absolute Gasteiger partial charge is 0.497 e. The second-order valence-corrected chi connectivity index (χ2v) is 7.56. The van der Waals surface area contributed by atoms with E-state index in [1.165, 1.54) is 0 Å². The maximum atomic E-state index is 13.1. The lowest BCUT2D eigenvalue weighted by Gasteiger charge is -2.09. The number of methoxy groups -OCH3 is 1. The fourth-order valence-corrected chi connectivity index (χ4v) is 4.19. The first-order chi connectivity index (χ1) is 13.3. The summed E-state index contributed by atoms with van der Waals surface area (Å²) in [7, 11) is 0.274. The van der Waals surface area contributed by atoms with Crippen molar-refractivity contribution in [2.75, 3.05) is 13.7 Å². The molecule has 4 rings (SSSR count). The van der Waals surface area contributed by atoms with Crippen molar-refractivity contribution < 1.29 is 13.7 Å². The van der Waals surface area contributed by atoms with Gasteiger partial charge in [0.05, 0.1) is 28.4 Å². The minimum absolute atomic E-state index is 0.0383. The monoisotopic (exact) mass is 377 g/mol. The molecule has 136 valence electrons. The second kappa shape index (κ2) is 7.76. The second-order valence-electron chi connectivity index (χ2n) is 6.11. The lowest BCUT2D eigenvalue weighted by molar-refractivity contribution is 0.319. The van der Waals surface area contributed by atoms with Gasteiger partial charge >= 0.3 is 0 Å². The highest BCUT2D eigenvalue weighted by molar-refractivity contribution is 7.85. The minimum atomic E-state index is -1.34. The molecule has 0 saturated carbocycles. The number of rotatable bonds is 5. The molecule has 3 aromatic rings. The average Bonchev–Trinajstić information content (AvgIpc) is 3.24. The van der Waals surface area contributed by atoms with E-state index < -0.39 is 10.8 Å². The molecule has 1 aliphatic heterocycles. The molecule has 1 heterocycles. The Labute approximate surface area is 160 Å². The Morgan fingerprint density at radius 2 is 1.67 bits per heavy atom. The zero-order chi connectivity index (χ0) is 18.6. The molecule has 27 heavy (non-hydrogen) atoms. The zero-order valence-electron chi connectivity index (χ0n) is 14.9. The summed E-state index contributed by atoms with van der Waals surface area (Å²) >= 11 is 0. The first-order valence-electron chi connectivity index (χ1n) is 8.67. The van der Waals surface area contributed by atoms with E-state index in [1.54, 1.807) is 7.11 Å². The standard InChI is InChI=1S/C22H19NO3S/c1-25-17-11-13-18(14-12-17)27(24)21-10-6-5-9-19(21)22-23-20(15-26-22)16-7-3-2-4-8-16/h2-14,20H,15H2,1H3/t20-,27?/m1/s1. The van der Waals surface area contributed by atoms with Crippen LogP contribution in [0.1, 0.15) is 17.2 Å². The fraction of sp³-hybridized carbons (Fsp3) is 0.136. The smallest absolute Gasteiger partial charge is 0.218 e. The number of hydrogen-bond donors (Lipinski definition) is 0. The molecule has 0 aliphatic carbocycles. The lowest BCUT2D eigenvalue weighted by Crippen LogP contribution is -2.07. The summed E-state index contributed by atoms with van der Waals surface area (Å²) in [5.74, 6) is 1.28. The predicted octanol–water partition coefficient (Wildman–Crippen LogP) is 4.38. The van der Waals surface area contributed by atoms with E-state index in [-0.39, 0.29) is 6.04 Å². The van der Waals surface area contributed by atoms with Gasteiger partial charge in [-0.1, -0.05) is 42.5 Å². The van der Waals surface area contributed by atoms with Crippen molar-refractivity contribution >= 4 is 16.7 Å². The highest BCUT2D eigenvalue weighted by Crippen LogP contribution is 2.28. The average molecular weight is 377 g/mol. The van der Waals surface area contributed by atoms with Gasteiger partial charge in [-0.05, 0) is 42.0 Å². The number of ether oxygens (including phenoxy) is 2.